The van der Waals surface area contributed by atoms with Crippen molar-refractivity contribution >= 4 is 35.2 Å². The number of thiazole rings is 1. The monoisotopic (exact) mass is 426 g/mol. The predicted octanol–water partition coefficient (Wildman–Crippen LogP) is -0.106. The third-order valence-electron chi connectivity index (χ3n) is 4.38. The molecular formula is C17H22N4O7S. The Balaban J connectivity index is 1.91. The molecule has 1 atom stereocenters. The van der Waals surface area contributed by atoms with Crippen LogP contribution in [0.3, 0.4) is 0 Å². The molecule has 2 heterocycles. The van der Waals surface area contributed by atoms with Crippen molar-refractivity contribution in [1.82, 2.24) is 20.5 Å². The molecule has 0 unspecified atom stereocenters. The van der Waals surface area contributed by atoms with Crippen LogP contribution in [-0.2, 0) is 14.3 Å². The first kappa shape index (κ1) is 22.3. The molecule has 0 aromatic carbocycles. The van der Waals surface area contributed by atoms with E-state index in [9.17, 15) is 19.2 Å². The number of methoxy groups -OCH3 is 1. The number of aromatic nitrogens is 1. The van der Waals surface area contributed by atoms with Gasteiger partial charge in [-0.1, -0.05) is 6.58 Å². The van der Waals surface area contributed by atoms with Crippen molar-refractivity contribution in [3.63, 3.8) is 0 Å². The van der Waals surface area contributed by atoms with Gasteiger partial charge in [-0.3, -0.25) is 9.59 Å². The summed E-state index contributed by atoms with van der Waals surface area (Å²) in [5.41, 5.74) is -0.215. The third-order valence-corrected chi connectivity index (χ3v) is 5.39. The molecular weight excluding hydrogens is 404 g/mol. The predicted molar refractivity (Wildman–Crippen MR) is 101 cm³/mol. The fraction of sp³-hybridized carbons (Fsp3) is 0.471. The Bertz CT molecular complexity index is 801. The largest absolute Gasteiger partial charge is 0.467 e. The van der Waals surface area contributed by atoms with Crippen LogP contribution in [0.5, 0.6) is 0 Å². The van der Waals surface area contributed by atoms with E-state index >= 15 is 0 Å². The highest BCUT2D eigenvalue weighted by molar-refractivity contribution is 7.09. The molecule has 1 aromatic heterocycles. The minimum absolute atomic E-state index is 0.0639. The number of aliphatic hydroxyl groups excluding tert-OH is 1. The van der Waals surface area contributed by atoms with Crippen molar-refractivity contribution in [1.29, 1.82) is 0 Å². The maximum Gasteiger partial charge on any atom is 0.407 e. The van der Waals surface area contributed by atoms with E-state index in [0.717, 1.165) is 12.1 Å². The number of amides is 3. The number of nitrogens with one attached hydrogen (secondary N) is 2. The summed E-state index contributed by atoms with van der Waals surface area (Å²) >= 11 is 1.29. The molecule has 1 aliphatic rings. The van der Waals surface area contributed by atoms with Crippen molar-refractivity contribution in [2.75, 3.05) is 26.8 Å². The van der Waals surface area contributed by atoms with E-state index in [0.29, 0.717) is 25.9 Å². The van der Waals surface area contributed by atoms with E-state index < -0.39 is 36.5 Å². The molecule has 1 aromatic rings. The molecule has 12 heteroatoms. The van der Waals surface area contributed by atoms with Gasteiger partial charge in [0.15, 0.2) is 6.04 Å². The highest BCUT2D eigenvalue weighted by atomic mass is 32.1. The van der Waals surface area contributed by atoms with E-state index in [2.05, 4.69) is 26.9 Å². The SMILES string of the molecule is C=C(NC(=O)c1csc(C2CCN(C(=O)O)CC2)n1)C(=O)N[C@@H](CO)C(=O)OC. The molecule has 0 aliphatic carbocycles. The summed E-state index contributed by atoms with van der Waals surface area (Å²) in [5.74, 6) is -2.26. The van der Waals surface area contributed by atoms with E-state index in [1.807, 2.05) is 0 Å². The number of nitrogens with zero attached hydrogens (tertiary/aromatic N) is 2. The van der Waals surface area contributed by atoms with Crippen molar-refractivity contribution in [2.24, 2.45) is 0 Å². The van der Waals surface area contributed by atoms with Crippen molar-refractivity contribution in [3.8, 4) is 0 Å². The quantitative estimate of drug-likeness (QED) is 0.347. The molecule has 0 saturated carbocycles. The number of hydrogen-bond acceptors (Lipinski definition) is 8. The van der Waals surface area contributed by atoms with Gasteiger partial charge in [-0.2, -0.15) is 0 Å². The molecule has 29 heavy (non-hydrogen) atoms. The number of hydrogen-bond donors (Lipinski definition) is 4. The van der Waals surface area contributed by atoms with Crippen LogP contribution in [0.1, 0.15) is 34.3 Å². The smallest absolute Gasteiger partial charge is 0.407 e. The van der Waals surface area contributed by atoms with Crippen LogP contribution >= 0.6 is 11.3 Å². The van der Waals surface area contributed by atoms with Gasteiger partial charge in [-0.15, -0.1) is 11.3 Å². The molecule has 158 valence electrons. The molecule has 0 spiro atoms. The first-order valence-corrected chi connectivity index (χ1v) is 9.57. The lowest BCUT2D eigenvalue weighted by Gasteiger charge is -2.28. The van der Waals surface area contributed by atoms with Crippen LogP contribution in [0.4, 0.5) is 4.79 Å². The summed E-state index contributed by atoms with van der Waals surface area (Å²) in [6, 6.07) is -1.27. The molecule has 11 nitrogen and oxygen atoms in total. The van der Waals surface area contributed by atoms with E-state index in [-0.39, 0.29) is 17.3 Å². The first-order valence-electron chi connectivity index (χ1n) is 8.69. The van der Waals surface area contributed by atoms with Crippen LogP contribution in [0.25, 0.3) is 0 Å². The minimum atomic E-state index is -1.27. The molecule has 4 N–H and O–H groups in total. The highest BCUT2D eigenvalue weighted by Gasteiger charge is 2.27. The summed E-state index contributed by atoms with van der Waals surface area (Å²) in [5, 5.41) is 24.9. The Morgan fingerprint density at radius 3 is 2.59 bits per heavy atom. The lowest BCUT2D eigenvalue weighted by atomic mass is 9.98. The Morgan fingerprint density at radius 2 is 2.03 bits per heavy atom. The minimum Gasteiger partial charge on any atom is -0.467 e. The summed E-state index contributed by atoms with van der Waals surface area (Å²) in [6.45, 7) is 3.59. The number of ether oxygens (including phenoxy) is 1. The van der Waals surface area contributed by atoms with Gasteiger partial charge in [-0.25, -0.2) is 14.6 Å². The number of likely N-dealkylation sites (tertiary alicyclic amines) is 1. The lowest BCUT2D eigenvalue weighted by Crippen LogP contribution is -2.46. The Kier molecular flexibility index (Phi) is 7.67. The first-order chi connectivity index (χ1) is 13.8. The third kappa shape index (κ3) is 5.74. The van der Waals surface area contributed by atoms with Crippen LogP contribution in [0.2, 0.25) is 0 Å². The van der Waals surface area contributed by atoms with Crippen molar-refractivity contribution < 1.29 is 34.1 Å². The number of esters is 1. The van der Waals surface area contributed by atoms with Crippen LogP contribution in [0, 0.1) is 0 Å². The zero-order valence-corrected chi connectivity index (χ0v) is 16.5. The molecule has 0 radical (unpaired) electrons. The second-order valence-corrected chi connectivity index (χ2v) is 7.17. The molecule has 1 fully saturated rings. The summed E-state index contributed by atoms with van der Waals surface area (Å²) in [6.07, 6.45) is 0.285. The maximum atomic E-state index is 12.3. The van der Waals surface area contributed by atoms with Gasteiger partial charge in [0.25, 0.3) is 11.8 Å². The summed E-state index contributed by atoms with van der Waals surface area (Å²) in [4.78, 5) is 52.3. The number of aliphatic hydroxyl groups is 1. The van der Waals surface area contributed by atoms with Gasteiger partial charge in [-0.05, 0) is 12.8 Å². The average Bonchev–Trinajstić information content (AvgIpc) is 3.21. The Hall–Kier alpha value is -2.99. The fourth-order valence-electron chi connectivity index (χ4n) is 2.72. The summed E-state index contributed by atoms with van der Waals surface area (Å²) < 4.78 is 4.44. The zero-order chi connectivity index (χ0) is 21.6. The Morgan fingerprint density at radius 1 is 1.38 bits per heavy atom. The highest BCUT2D eigenvalue weighted by Crippen LogP contribution is 2.30. The van der Waals surface area contributed by atoms with Gasteiger partial charge in [0.2, 0.25) is 0 Å². The molecule has 2 rings (SSSR count). The number of carboxylic acid groups (broad SMARTS) is 1. The van der Waals surface area contributed by atoms with E-state index in [1.54, 1.807) is 5.38 Å². The van der Waals surface area contributed by atoms with Crippen molar-refractivity contribution in [3.05, 3.63) is 28.4 Å². The molecule has 1 aliphatic heterocycles. The van der Waals surface area contributed by atoms with Gasteiger partial charge in [0.1, 0.15) is 5.69 Å². The molecule has 3 amide bonds. The maximum absolute atomic E-state index is 12.3. The molecule has 1 saturated heterocycles. The Labute approximate surface area is 170 Å². The molecule has 0 bridgehead atoms. The number of piperidine rings is 1. The fourth-order valence-corrected chi connectivity index (χ4v) is 3.69. The van der Waals surface area contributed by atoms with Crippen molar-refractivity contribution in [2.45, 2.75) is 24.8 Å². The number of rotatable bonds is 7. The second kappa shape index (κ2) is 9.98. The van der Waals surface area contributed by atoms with Crippen LogP contribution in [-0.4, -0.2) is 76.8 Å². The number of carbonyl (C=O) groups excluding carboxylic acids is 3. The number of carbonyl (C=O) groups is 4. The topological polar surface area (TPSA) is 158 Å². The zero-order valence-electron chi connectivity index (χ0n) is 15.7. The second-order valence-electron chi connectivity index (χ2n) is 6.28. The van der Waals surface area contributed by atoms with Crippen LogP contribution < -0.4 is 10.6 Å². The normalized spacial score (nSPS) is 15.3. The van der Waals surface area contributed by atoms with Crippen LogP contribution in [0.15, 0.2) is 17.7 Å². The van der Waals surface area contributed by atoms with E-state index in [1.165, 1.54) is 16.2 Å². The average molecular weight is 426 g/mol. The van der Waals surface area contributed by atoms with Gasteiger partial charge in [0, 0.05) is 24.4 Å². The van der Waals surface area contributed by atoms with Gasteiger partial charge < -0.3 is 30.5 Å². The standard InChI is InChI=1S/C17H22N4O7S/c1-9(13(23)19-11(7-22)16(25)28-2)18-14(24)12-8-29-15(20-12)10-3-5-21(6-4-10)17(26)27/h8,10-11,22H,1,3-7H2,2H3,(H,18,24)(H,19,23)(H,26,27)/t11-/m0/s1. The summed E-state index contributed by atoms with van der Waals surface area (Å²) in [7, 11) is 1.11. The van der Waals surface area contributed by atoms with E-state index in [4.69, 9.17) is 10.2 Å². The van der Waals surface area contributed by atoms with Gasteiger partial charge in [0.05, 0.1) is 24.4 Å². The van der Waals surface area contributed by atoms with Gasteiger partial charge >= 0.3 is 12.1 Å². The lowest BCUT2D eigenvalue weighted by molar-refractivity contribution is -0.145.